The largest absolute Gasteiger partial charge is 0.486 e. The number of aromatic nitrogens is 2. The number of halogens is 1. The van der Waals surface area contributed by atoms with Crippen molar-refractivity contribution in [1.29, 1.82) is 0 Å². The topological polar surface area (TPSA) is 53.1 Å². The Hall–Kier alpha value is -1.33. The first-order valence-corrected chi connectivity index (χ1v) is 6.06. The molecule has 5 heteroatoms. The van der Waals surface area contributed by atoms with Gasteiger partial charge in [0.1, 0.15) is 12.4 Å². The number of rotatable bonds is 4. The molecule has 0 saturated carbocycles. The first kappa shape index (κ1) is 12.1. The number of benzene rings is 1. The molecule has 0 saturated heterocycles. The van der Waals surface area contributed by atoms with Crippen molar-refractivity contribution in [3.8, 4) is 5.75 Å². The summed E-state index contributed by atoms with van der Waals surface area (Å²) >= 11 is 3.47. The molecular weight excluding hydrogens is 282 g/mol. The number of ether oxygens (including phenoxy) is 1. The maximum absolute atomic E-state index is 5.71. The van der Waals surface area contributed by atoms with Crippen molar-refractivity contribution in [2.24, 2.45) is 12.8 Å². The molecule has 2 N–H and O–H groups in total. The van der Waals surface area contributed by atoms with Crippen LogP contribution < -0.4 is 10.5 Å². The maximum Gasteiger partial charge on any atom is 0.134 e. The summed E-state index contributed by atoms with van der Waals surface area (Å²) in [4.78, 5) is 4.04. The highest BCUT2D eigenvalue weighted by atomic mass is 79.9. The number of nitrogens with two attached hydrogens (primary N) is 1. The van der Waals surface area contributed by atoms with Gasteiger partial charge in [0.25, 0.3) is 0 Å². The Morgan fingerprint density at radius 2 is 2.29 bits per heavy atom. The van der Waals surface area contributed by atoms with Gasteiger partial charge in [0.2, 0.25) is 0 Å². The molecule has 0 bridgehead atoms. The summed E-state index contributed by atoms with van der Waals surface area (Å²) in [5.74, 6) is 0.809. The molecule has 1 aromatic heterocycles. The van der Waals surface area contributed by atoms with Gasteiger partial charge in [-0.05, 0) is 33.6 Å². The van der Waals surface area contributed by atoms with Crippen molar-refractivity contribution in [3.05, 3.63) is 46.5 Å². The third kappa shape index (κ3) is 2.87. The highest BCUT2D eigenvalue weighted by Gasteiger charge is 2.04. The van der Waals surface area contributed by atoms with Crippen molar-refractivity contribution < 1.29 is 4.74 Å². The van der Waals surface area contributed by atoms with E-state index in [2.05, 4.69) is 20.9 Å². The first-order chi connectivity index (χ1) is 8.20. The normalized spacial score (nSPS) is 10.5. The molecule has 0 amide bonds. The summed E-state index contributed by atoms with van der Waals surface area (Å²) in [5.41, 5.74) is 7.67. The molecule has 1 aromatic carbocycles. The summed E-state index contributed by atoms with van der Waals surface area (Å²) in [7, 11) is 1.94. The van der Waals surface area contributed by atoms with E-state index in [0.717, 1.165) is 21.5 Å². The van der Waals surface area contributed by atoms with Gasteiger partial charge in [-0.2, -0.15) is 0 Å². The fourth-order valence-electron chi connectivity index (χ4n) is 1.46. The second kappa shape index (κ2) is 5.33. The van der Waals surface area contributed by atoms with Gasteiger partial charge in [0.15, 0.2) is 0 Å². The van der Waals surface area contributed by atoms with Crippen molar-refractivity contribution in [3.63, 3.8) is 0 Å². The van der Waals surface area contributed by atoms with Crippen LogP contribution in [-0.2, 0) is 20.2 Å². The first-order valence-electron chi connectivity index (χ1n) is 5.27. The number of nitrogens with zero attached hydrogens (tertiary/aromatic N) is 2. The van der Waals surface area contributed by atoms with E-state index in [1.54, 1.807) is 12.5 Å². The summed E-state index contributed by atoms with van der Waals surface area (Å²) in [6, 6.07) is 5.85. The van der Waals surface area contributed by atoms with Crippen molar-refractivity contribution in [2.75, 3.05) is 0 Å². The van der Waals surface area contributed by atoms with Crippen LogP contribution >= 0.6 is 15.9 Å². The SMILES string of the molecule is Cn1cncc1COc1ccc(CN)cc1Br. The fourth-order valence-corrected chi connectivity index (χ4v) is 2.00. The standard InChI is InChI=1S/C12H14BrN3O/c1-16-8-15-6-10(16)7-17-12-3-2-9(5-14)4-11(12)13/h2-4,6,8H,5,7,14H2,1H3. The lowest BCUT2D eigenvalue weighted by Crippen LogP contribution is -2.02. The Morgan fingerprint density at radius 1 is 1.47 bits per heavy atom. The van der Waals surface area contributed by atoms with Crippen molar-refractivity contribution in [2.45, 2.75) is 13.2 Å². The van der Waals surface area contributed by atoms with Crippen LogP contribution in [0.3, 0.4) is 0 Å². The molecule has 0 radical (unpaired) electrons. The van der Waals surface area contributed by atoms with Gasteiger partial charge in [0, 0.05) is 13.6 Å². The molecule has 0 atom stereocenters. The monoisotopic (exact) mass is 295 g/mol. The van der Waals surface area contributed by atoms with E-state index in [1.165, 1.54) is 0 Å². The lowest BCUT2D eigenvalue weighted by Gasteiger charge is -2.09. The molecule has 2 rings (SSSR count). The number of hydrogen-bond acceptors (Lipinski definition) is 3. The van der Waals surface area contributed by atoms with Crippen LogP contribution in [-0.4, -0.2) is 9.55 Å². The number of imidazole rings is 1. The van der Waals surface area contributed by atoms with Crippen LogP contribution in [0.1, 0.15) is 11.3 Å². The molecule has 0 unspecified atom stereocenters. The summed E-state index contributed by atoms with van der Waals surface area (Å²) in [5, 5.41) is 0. The number of aryl methyl sites for hydroxylation is 1. The van der Waals surface area contributed by atoms with Crippen LogP contribution in [0.4, 0.5) is 0 Å². The molecular formula is C12H14BrN3O. The lowest BCUT2D eigenvalue weighted by molar-refractivity contribution is 0.295. The van der Waals surface area contributed by atoms with E-state index >= 15 is 0 Å². The maximum atomic E-state index is 5.71. The third-order valence-electron chi connectivity index (χ3n) is 2.52. The molecule has 0 fully saturated rings. The smallest absolute Gasteiger partial charge is 0.134 e. The van der Waals surface area contributed by atoms with Gasteiger partial charge >= 0.3 is 0 Å². The van der Waals surface area contributed by atoms with Gasteiger partial charge in [-0.15, -0.1) is 0 Å². The van der Waals surface area contributed by atoms with E-state index < -0.39 is 0 Å². The zero-order valence-corrected chi connectivity index (χ0v) is 11.1. The zero-order valence-electron chi connectivity index (χ0n) is 9.56. The Balaban J connectivity index is 2.07. The predicted molar refractivity (Wildman–Crippen MR) is 69.6 cm³/mol. The van der Waals surface area contributed by atoms with Gasteiger partial charge in [0.05, 0.1) is 22.7 Å². The Bertz CT molecular complexity index is 510. The second-order valence-corrected chi connectivity index (χ2v) is 4.61. The molecule has 17 heavy (non-hydrogen) atoms. The molecule has 0 spiro atoms. The van der Waals surface area contributed by atoms with Crippen LogP contribution in [0.15, 0.2) is 35.2 Å². The average Bonchev–Trinajstić information content (AvgIpc) is 2.73. The quantitative estimate of drug-likeness (QED) is 0.941. The third-order valence-corrected chi connectivity index (χ3v) is 3.14. The summed E-state index contributed by atoms with van der Waals surface area (Å²) in [6.45, 7) is 1.03. The highest BCUT2D eigenvalue weighted by Crippen LogP contribution is 2.26. The van der Waals surface area contributed by atoms with E-state index in [4.69, 9.17) is 10.5 Å². The lowest BCUT2D eigenvalue weighted by atomic mass is 10.2. The van der Waals surface area contributed by atoms with Crippen molar-refractivity contribution >= 4 is 15.9 Å². The summed E-state index contributed by atoms with van der Waals surface area (Å²) < 4.78 is 8.56. The van der Waals surface area contributed by atoms with E-state index in [9.17, 15) is 0 Å². The molecule has 0 aliphatic heterocycles. The van der Waals surface area contributed by atoms with E-state index in [0.29, 0.717) is 13.2 Å². The molecule has 90 valence electrons. The highest BCUT2D eigenvalue weighted by molar-refractivity contribution is 9.10. The number of hydrogen-bond donors (Lipinski definition) is 1. The fraction of sp³-hybridized carbons (Fsp3) is 0.250. The molecule has 0 aliphatic rings. The van der Waals surface area contributed by atoms with Crippen LogP contribution in [0.5, 0.6) is 5.75 Å². The van der Waals surface area contributed by atoms with E-state index in [-0.39, 0.29) is 0 Å². The molecule has 4 nitrogen and oxygen atoms in total. The minimum atomic E-state index is 0.497. The van der Waals surface area contributed by atoms with Crippen LogP contribution in [0, 0.1) is 0 Å². The predicted octanol–water partition coefficient (Wildman–Crippen LogP) is 2.22. The van der Waals surface area contributed by atoms with Gasteiger partial charge in [-0.1, -0.05) is 6.07 Å². The Labute approximate surface area is 109 Å². The molecule has 0 aliphatic carbocycles. The minimum Gasteiger partial charge on any atom is -0.486 e. The minimum absolute atomic E-state index is 0.497. The van der Waals surface area contributed by atoms with Crippen molar-refractivity contribution in [1.82, 2.24) is 9.55 Å². The van der Waals surface area contributed by atoms with Gasteiger partial charge < -0.3 is 15.0 Å². The van der Waals surface area contributed by atoms with Gasteiger partial charge in [-0.25, -0.2) is 4.98 Å². The Morgan fingerprint density at radius 3 is 2.88 bits per heavy atom. The Kier molecular flexibility index (Phi) is 3.81. The molecule has 2 aromatic rings. The van der Waals surface area contributed by atoms with Gasteiger partial charge in [-0.3, -0.25) is 0 Å². The molecule has 1 heterocycles. The van der Waals surface area contributed by atoms with Crippen LogP contribution in [0.25, 0.3) is 0 Å². The van der Waals surface area contributed by atoms with E-state index in [1.807, 2.05) is 29.8 Å². The summed E-state index contributed by atoms with van der Waals surface area (Å²) in [6.07, 6.45) is 3.55. The van der Waals surface area contributed by atoms with Crippen LogP contribution in [0.2, 0.25) is 0 Å². The average molecular weight is 296 g/mol. The second-order valence-electron chi connectivity index (χ2n) is 3.75. The zero-order chi connectivity index (χ0) is 12.3.